The van der Waals surface area contributed by atoms with Gasteiger partial charge in [-0.1, -0.05) is 12.1 Å². The lowest BCUT2D eigenvalue weighted by Crippen LogP contribution is -1.99. The minimum atomic E-state index is -4.41. The molecule has 18 heavy (non-hydrogen) atoms. The first-order valence-electron chi connectivity index (χ1n) is 4.59. The Morgan fingerprint density at radius 1 is 0.889 bits per heavy atom. The van der Waals surface area contributed by atoms with Gasteiger partial charge in [0.05, 0.1) is 4.90 Å². The molecular weight excluding hydrogens is 280 g/mol. The molecule has 1 radical (unpaired) electrons. The fourth-order valence-electron chi connectivity index (χ4n) is 1.44. The smallest absolute Gasteiger partial charge is 0.282 e. The molecule has 0 heterocycles. The van der Waals surface area contributed by atoms with Gasteiger partial charge in [0.15, 0.2) is 0 Å². The lowest BCUT2D eigenvalue weighted by molar-refractivity contribution is 0.481. The van der Waals surface area contributed by atoms with Crippen molar-refractivity contribution in [2.24, 2.45) is 0 Å². The van der Waals surface area contributed by atoms with Gasteiger partial charge in [0.2, 0.25) is 0 Å². The van der Waals surface area contributed by atoms with Gasteiger partial charge in [-0.3, -0.25) is 9.11 Å². The summed E-state index contributed by atoms with van der Waals surface area (Å²) in [5.74, 6) is 0. The van der Waals surface area contributed by atoms with Crippen LogP contribution < -0.4 is 0 Å². The molecule has 2 rings (SSSR count). The highest BCUT2D eigenvalue weighted by molar-refractivity contribution is 7.86. The van der Waals surface area contributed by atoms with Crippen molar-refractivity contribution < 1.29 is 25.9 Å². The highest BCUT2D eigenvalue weighted by Gasteiger charge is 2.13. The molecule has 8 heteroatoms. The van der Waals surface area contributed by atoms with E-state index in [9.17, 15) is 16.8 Å². The van der Waals surface area contributed by atoms with Crippen molar-refractivity contribution in [1.82, 2.24) is 0 Å². The van der Waals surface area contributed by atoms with Crippen LogP contribution in [0, 0.1) is 6.07 Å². The van der Waals surface area contributed by atoms with Gasteiger partial charge < -0.3 is 0 Å². The van der Waals surface area contributed by atoms with Crippen LogP contribution in [0.2, 0.25) is 0 Å². The van der Waals surface area contributed by atoms with E-state index in [1.54, 1.807) is 0 Å². The summed E-state index contributed by atoms with van der Waals surface area (Å²) in [6.45, 7) is 0. The molecule has 0 unspecified atom stereocenters. The van der Waals surface area contributed by atoms with Crippen molar-refractivity contribution in [2.75, 3.05) is 0 Å². The average molecular weight is 287 g/mol. The van der Waals surface area contributed by atoms with Crippen molar-refractivity contribution in [3.63, 3.8) is 0 Å². The van der Waals surface area contributed by atoms with Crippen LogP contribution in [0.25, 0.3) is 10.8 Å². The van der Waals surface area contributed by atoms with Gasteiger partial charge in [-0.25, -0.2) is 0 Å². The fourth-order valence-corrected chi connectivity index (χ4v) is 2.43. The summed E-state index contributed by atoms with van der Waals surface area (Å²) in [5, 5.41) is 0.676. The Hall–Kier alpha value is -1.48. The molecule has 0 spiro atoms. The molecule has 6 nitrogen and oxygen atoms in total. The third-order valence-electron chi connectivity index (χ3n) is 2.27. The SMILES string of the molecule is O=S(=O)(O)c1[c]c2cc(S(=O)(=O)O)ccc2cc1. The van der Waals surface area contributed by atoms with Gasteiger partial charge in [0.25, 0.3) is 20.2 Å². The van der Waals surface area contributed by atoms with E-state index in [0.29, 0.717) is 5.39 Å². The number of hydrogen-bond acceptors (Lipinski definition) is 4. The van der Waals surface area contributed by atoms with Crippen molar-refractivity contribution in [3.05, 3.63) is 36.4 Å². The summed E-state index contributed by atoms with van der Waals surface area (Å²) in [5.41, 5.74) is 0. The summed E-state index contributed by atoms with van der Waals surface area (Å²) in [6.07, 6.45) is 0. The molecule has 0 aromatic heterocycles. The monoisotopic (exact) mass is 287 g/mol. The van der Waals surface area contributed by atoms with E-state index in [-0.39, 0.29) is 10.3 Å². The van der Waals surface area contributed by atoms with Crippen LogP contribution in [-0.2, 0) is 20.2 Å². The van der Waals surface area contributed by atoms with Crippen LogP contribution in [0.5, 0.6) is 0 Å². The Bertz CT molecular complexity index is 754. The quantitative estimate of drug-likeness (QED) is 0.801. The minimum Gasteiger partial charge on any atom is -0.282 e. The first-order chi connectivity index (χ1) is 8.18. The normalized spacial score (nSPS) is 12.8. The summed E-state index contributed by atoms with van der Waals surface area (Å²) < 4.78 is 61.4. The average Bonchev–Trinajstić information content (AvgIpc) is 2.25. The Balaban J connectivity index is 2.76. The molecule has 0 saturated heterocycles. The second-order valence-corrected chi connectivity index (χ2v) is 6.33. The molecule has 0 fully saturated rings. The predicted molar refractivity (Wildman–Crippen MR) is 62.4 cm³/mol. The molecular formula is C10H7O6S2. The Morgan fingerprint density at radius 2 is 1.50 bits per heavy atom. The Labute approximate surface area is 103 Å². The van der Waals surface area contributed by atoms with E-state index in [0.717, 1.165) is 12.1 Å². The highest BCUT2D eigenvalue weighted by Crippen LogP contribution is 2.21. The number of fused-ring (bicyclic) bond motifs is 1. The van der Waals surface area contributed by atoms with Gasteiger partial charge in [-0.05, 0) is 29.0 Å². The lowest BCUT2D eigenvalue weighted by atomic mass is 10.1. The van der Waals surface area contributed by atoms with Crippen molar-refractivity contribution >= 4 is 31.0 Å². The molecule has 95 valence electrons. The highest BCUT2D eigenvalue weighted by atomic mass is 32.2. The van der Waals surface area contributed by atoms with Gasteiger partial charge >= 0.3 is 0 Å². The van der Waals surface area contributed by atoms with Crippen LogP contribution >= 0.6 is 0 Å². The van der Waals surface area contributed by atoms with E-state index < -0.39 is 25.1 Å². The molecule has 2 aromatic rings. The lowest BCUT2D eigenvalue weighted by Gasteiger charge is -2.02. The van der Waals surface area contributed by atoms with Crippen LogP contribution in [0.4, 0.5) is 0 Å². The second kappa shape index (κ2) is 4.02. The van der Waals surface area contributed by atoms with E-state index in [1.165, 1.54) is 18.2 Å². The first kappa shape index (κ1) is 13.0. The number of rotatable bonds is 2. The van der Waals surface area contributed by atoms with Crippen LogP contribution in [0.1, 0.15) is 0 Å². The summed E-state index contributed by atoms with van der Waals surface area (Å²) in [6, 6.07) is 8.54. The van der Waals surface area contributed by atoms with Gasteiger partial charge in [-0.15, -0.1) is 0 Å². The molecule has 2 aromatic carbocycles. The van der Waals surface area contributed by atoms with Crippen molar-refractivity contribution in [2.45, 2.75) is 9.79 Å². The molecule has 0 atom stereocenters. The van der Waals surface area contributed by atoms with E-state index >= 15 is 0 Å². The molecule has 2 N–H and O–H groups in total. The van der Waals surface area contributed by atoms with E-state index in [1.807, 2.05) is 0 Å². The van der Waals surface area contributed by atoms with Crippen molar-refractivity contribution in [1.29, 1.82) is 0 Å². The Morgan fingerprint density at radius 3 is 2.06 bits per heavy atom. The summed E-state index contributed by atoms with van der Waals surface area (Å²) in [4.78, 5) is -0.846. The van der Waals surface area contributed by atoms with Gasteiger partial charge in [0, 0.05) is 6.07 Å². The fraction of sp³-hybridized carbons (Fsp3) is 0. The maximum atomic E-state index is 10.9. The number of hydrogen-bond donors (Lipinski definition) is 2. The van der Waals surface area contributed by atoms with E-state index in [4.69, 9.17) is 9.11 Å². The standard InChI is InChI=1S/C10H7O6S2/c11-17(12,13)9-3-1-7-2-4-10(18(14,15)16)6-8(7)5-9/h1-5H,(H,11,12,13)(H,14,15,16). The predicted octanol–water partition coefficient (Wildman–Crippen LogP) is 1.13. The minimum absolute atomic E-state index is 0.153. The Kier molecular flexibility index (Phi) is 2.90. The third-order valence-corrected chi connectivity index (χ3v) is 3.92. The molecule has 0 aliphatic carbocycles. The van der Waals surface area contributed by atoms with Crippen LogP contribution in [0.3, 0.4) is 0 Å². The number of benzene rings is 2. The van der Waals surface area contributed by atoms with Crippen molar-refractivity contribution in [3.8, 4) is 0 Å². The largest absolute Gasteiger partial charge is 0.295 e. The first-order valence-corrected chi connectivity index (χ1v) is 7.47. The molecule has 0 bridgehead atoms. The maximum absolute atomic E-state index is 10.9. The van der Waals surface area contributed by atoms with Crippen LogP contribution in [-0.4, -0.2) is 25.9 Å². The van der Waals surface area contributed by atoms with Gasteiger partial charge in [0.1, 0.15) is 4.90 Å². The molecule has 0 aliphatic heterocycles. The summed E-state index contributed by atoms with van der Waals surface area (Å²) in [7, 11) is -8.78. The van der Waals surface area contributed by atoms with E-state index in [2.05, 4.69) is 6.07 Å². The zero-order valence-electron chi connectivity index (χ0n) is 8.73. The zero-order valence-corrected chi connectivity index (χ0v) is 10.4. The molecule has 0 amide bonds. The van der Waals surface area contributed by atoms with Crippen LogP contribution in [0.15, 0.2) is 40.1 Å². The second-order valence-electron chi connectivity index (χ2n) is 3.52. The summed E-state index contributed by atoms with van der Waals surface area (Å²) >= 11 is 0. The molecule has 0 aliphatic rings. The zero-order chi connectivity index (χ0) is 13.6. The topological polar surface area (TPSA) is 109 Å². The third kappa shape index (κ3) is 2.51. The molecule has 0 saturated carbocycles. The maximum Gasteiger partial charge on any atom is 0.295 e. The van der Waals surface area contributed by atoms with Gasteiger partial charge in [-0.2, -0.15) is 16.8 Å².